The van der Waals surface area contributed by atoms with Crippen molar-refractivity contribution in [3.05, 3.63) is 42.4 Å². The number of rotatable bonds is 2. The molecule has 0 aliphatic rings. The van der Waals surface area contributed by atoms with Gasteiger partial charge >= 0.3 is 0 Å². The summed E-state index contributed by atoms with van der Waals surface area (Å²) in [4.78, 5) is 4.23. The fourth-order valence-electron chi connectivity index (χ4n) is 1.29. The van der Waals surface area contributed by atoms with Crippen LogP contribution in [0.1, 0.15) is 25.7 Å². The Morgan fingerprint density at radius 2 is 1.86 bits per heavy atom. The second-order valence-electron chi connectivity index (χ2n) is 3.58. The number of hydrogen-bond donors (Lipinski definition) is 0. The molecule has 2 heteroatoms. The van der Waals surface area contributed by atoms with Gasteiger partial charge in [-0.3, -0.25) is 0 Å². The lowest BCUT2D eigenvalue weighted by molar-refractivity contribution is 0.481. The van der Waals surface area contributed by atoms with Crippen LogP contribution in [-0.4, -0.2) is 4.98 Å². The van der Waals surface area contributed by atoms with Crippen LogP contribution in [0.25, 0.3) is 11.3 Å². The molecule has 1 heterocycles. The summed E-state index contributed by atoms with van der Waals surface area (Å²) in [5.74, 6) is 1.98. The lowest BCUT2D eigenvalue weighted by Crippen LogP contribution is -1.84. The van der Waals surface area contributed by atoms with Crippen LogP contribution in [0.2, 0.25) is 0 Å². The third-order valence-corrected chi connectivity index (χ3v) is 2.08. The van der Waals surface area contributed by atoms with Crippen LogP contribution < -0.4 is 0 Å². The predicted octanol–water partition coefficient (Wildman–Crippen LogP) is 3.47. The first-order valence-electron chi connectivity index (χ1n) is 4.78. The molecular weight excluding hydrogens is 174 g/mol. The molecule has 0 radical (unpaired) electrons. The van der Waals surface area contributed by atoms with Crippen LogP contribution in [0.15, 0.2) is 40.9 Å². The van der Waals surface area contributed by atoms with Gasteiger partial charge in [0, 0.05) is 11.5 Å². The molecule has 0 bridgehead atoms. The third-order valence-electron chi connectivity index (χ3n) is 2.08. The van der Waals surface area contributed by atoms with Gasteiger partial charge in [-0.05, 0) is 0 Å². The SMILES string of the molecule is CC(C)c1ncc(-c2ccccc2)o1. The summed E-state index contributed by atoms with van der Waals surface area (Å²) < 4.78 is 5.62. The van der Waals surface area contributed by atoms with E-state index in [0.29, 0.717) is 5.92 Å². The van der Waals surface area contributed by atoms with Gasteiger partial charge in [-0.2, -0.15) is 0 Å². The smallest absolute Gasteiger partial charge is 0.197 e. The zero-order valence-corrected chi connectivity index (χ0v) is 8.40. The maximum absolute atomic E-state index is 5.62. The molecule has 1 aromatic heterocycles. The Morgan fingerprint density at radius 1 is 1.14 bits per heavy atom. The Bertz CT molecular complexity index is 403. The molecule has 0 atom stereocenters. The largest absolute Gasteiger partial charge is 0.440 e. The highest BCUT2D eigenvalue weighted by Crippen LogP contribution is 2.22. The van der Waals surface area contributed by atoms with Crippen LogP contribution in [0.5, 0.6) is 0 Å². The van der Waals surface area contributed by atoms with Crippen molar-refractivity contribution in [3.8, 4) is 11.3 Å². The molecule has 0 spiro atoms. The van der Waals surface area contributed by atoms with Crippen LogP contribution in [-0.2, 0) is 0 Å². The Hall–Kier alpha value is -1.57. The molecule has 0 aliphatic heterocycles. The summed E-state index contributed by atoms with van der Waals surface area (Å²) in [5.41, 5.74) is 1.08. The van der Waals surface area contributed by atoms with E-state index in [4.69, 9.17) is 4.42 Å². The van der Waals surface area contributed by atoms with Gasteiger partial charge in [-0.15, -0.1) is 0 Å². The normalized spacial score (nSPS) is 10.8. The number of oxazole rings is 1. The third kappa shape index (κ3) is 1.69. The highest BCUT2D eigenvalue weighted by atomic mass is 16.4. The van der Waals surface area contributed by atoms with E-state index in [1.165, 1.54) is 0 Å². The van der Waals surface area contributed by atoms with Gasteiger partial charge in [0.15, 0.2) is 11.7 Å². The Kier molecular flexibility index (Phi) is 2.35. The van der Waals surface area contributed by atoms with Gasteiger partial charge < -0.3 is 4.42 Å². The van der Waals surface area contributed by atoms with Crippen LogP contribution in [0.3, 0.4) is 0 Å². The van der Waals surface area contributed by atoms with Gasteiger partial charge in [-0.25, -0.2) is 4.98 Å². The van der Waals surface area contributed by atoms with Crippen molar-refractivity contribution in [1.29, 1.82) is 0 Å². The van der Waals surface area contributed by atoms with E-state index in [2.05, 4.69) is 18.8 Å². The maximum atomic E-state index is 5.62. The highest BCUT2D eigenvalue weighted by Gasteiger charge is 2.08. The topological polar surface area (TPSA) is 26.0 Å². The first-order valence-corrected chi connectivity index (χ1v) is 4.78. The first-order chi connectivity index (χ1) is 6.77. The van der Waals surface area contributed by atoms with Crippen molar-refractivity contribution in [2.75, 3.05) is 0 Å². The predicted molar refractivity (Wildman–Crippen MR) is 56.0 cm³/mol. The molecule has 0 N–H and O–H groups in total. The molecular formula is C12H13NO. The lowest BCUT2D eigenvalue weighted by atomic mass is 10.2. The summed E-state index contributed by atoms with van der Waals surface area (Å²) >= 11 is 0. The quantitative estimate of drug-likeness (QED) is 0.719. The molecule has 0 unspecified atom stereocenters. The van der Waals surface area contributed by atoms with E-state index < -0.39 is 0 Å². The van der Waals surface area contributed by atoms with E-state index in [-0.39, 0.29) is 0 Å². The minimum absolute atomic E-state index is 0.340. The Labute approximate surface area is 83.6 Å². The molecule has 1 aromatic carbocycles. The second-order valence-corrected chi connectivity index (χ2v) is 3.58. The number of benzene rings is 1. The summed E-state index contributed by atoms with van der Waals surface area (Å²) in [6.07, 6.45) is 1.78. The molecule has 0 fully saturated rings. The fourth-order valence-corrected chi connectivity index (χ4v) is 1.29. The summed E-state index contributed by atoms with van der Waals surface area (Å²) in [6, 6.07) is 10.0. The zero-order chi connectivity index (χ0) is 9.97. The van der Waals surface area contributed by atoms with E-state index in [1.54, 1.807) is 6.20 Å². The Morgan fingerprint density at radius 3 is 2.43 bits per heavy atom. The lowest BCUT2D eigenvalue weighted by Gasteiger charge is -1.97. The average molecular weight is 187 g/mol. The fraction of sp³-hybridized carbons (Fsp3) is 0.250. The number of nitrogens with zero attached hydrogens (tertiary/aromatic N) is 1. The minimum Gasteiger partial charge on any atom is -0.440 e. The first kappa shape index (κ1) is 9.00. The zero-order valence-electron chi connectivity index (χ0n) is 8.40. The van der Waals surface area contributed by atoms with E-state index in [0.717, 1.165) is 17.2 Å². The van der Waals surface area contributed by atoms with Gasteiger partial charge in [0.1, 0.15) is 0 Å². The molecule has 0 amide bonds. The van der Waals surface area contributed by atoms with Crippen molar-refractivity contribution in [3.63, 3.8) is 0 Å². The highest BCUT2D eigenvalue weighted by molar-refractivity contribution is 5.55. The van der Waals surface area contributed by atoms with Gasteiger partial charge in [0.05, 0.1) is 6.20 Å². The monoisotopic (exact) mass is 187 g/mol. The van der Waals surface area contributed by atoms with E-state index in [9.17, 15) is 0 Å². The molecule has 14 heavy (non-hydrogen) atoms. The molecule has 2 aromatic rings. The molecule has 72 valence electrons. The van der Waals surface area contributed by atoms with Gasteiger partial charge in [0.2, 0.25) is 0 Å². The molecule has 2 rings (SSSR count). The molecule has 0 saturated carbocycles. The maximum Gasteiger partial charge on any atom is 0.197 e. The Balaban J connectivity index is 2.34. The average Bonchev–Trinajstić information content (AvgIpc) is 2.68. The number of aromatic nitrogens is 1. The van der Waals surface area contributed by atoms with Crippen LogP contribution in [0, 0.1) is 0 Å². The van der Waals surface area contributed by atoms with E-state index in [1.807, 2.05) is 30.3 Å². The van der Waals surface area contributed by atoms with Crippen molar-refractivity contribution in [2.45, 2.75) is 19.8 Å². The van der Waals surface area contributed by atoms with Crippen molar-refractivity contribution < 1.29 is 4.42 Å². The van der Waals surface area contributed by atoms with Gasteiger partial charge in [0.25, 0.3) is 0 Å². The summed E-state index contributed by atoms with van der Waals surface area (Å²) in [5, 5.41) is 0. The van der Waals surface area contributed by atoms with Gasteiger partial charge in [-0.1, -0.05) is 44.2 Å². The second kappa shape index (κ2) is 3.66. The minimum atomic E-state index is 0.340. The van der Waals surface area contributed by atoms with Crippen molar-refractivity contribution >= 4 is 0 Å². The standard InChI is InChI=1S/C12H13NO/c1-9(2)12-13-8-11(14-12)10-6-4-3-5-7-10/h3-9H,1-2H3. The molecule has 0 aliphatic carbocycles. The molecule has 0 saturated heterocycles. The molecule has 2 nitrogen and oxygen atoms in total. The van der Waals surface area contributed by atoms with Crippen LogP contribution >= 0.6 is 0 Å². The van der Waals surface area contributed by atoms with Crippen molar-refractivity contribution in [2.24, 2.45) is 0 Å². The number of hydrogen-bond acceptors (Lipinski definition) is 2. The van der Waals surface area contributed by atoms with E-state index >= 15 is 0 Å². The van der Waals surface area contributed by atoms with Crippen LogP contribution in [0.4, 0.5) is 0 Å². The summed E-state index contributed by atoms with van der Waals surface area (Å²) in [6.45, 7) is 4.14. The summed E-state index contributed by atoms with van der Waals surface area (Å²) in [7, 11) is 0. The van der Waals surface area contributed by atoms with Crippen molar-refractivity contribution in [1.82, 2.24) is 4.98 Å².